The minimum absolute atomic E-state index is 0.0438. The fourth-order valence-electron chi connectivity index (χ4n) is 5.19. The molecule has 0 bridgehead atoms. The van der Waals surface area contributed by atoms with Gasteiger partial charge in [-0.15, -0.1) is 0 Å². The molecule has 2 aromatic carbocycles. The van der Waals surface area contributed by atoms with Crippen LogP contribution in [0.3, 0.4) is 0 Å². The highest BCUT2D eigenvalue weighted by Crippen LogP contribution is 2.26. The van der Waals surface area contributed by atoms with E-state index >= 15 is 0 Å². The molecule has 0 unspecified atom stereocenters. The summed E-state index contributed by atoms with van der Waals surface area (Å²) in [4.78, 5) is 30.7. The molecule has 208 valence electrons. The van der Waals surface area contributed by atoms with E-state index in [0.29, 0.717) is 30.2 Å². The molecule has 6 nitrogen and oxygen atoms in total. The molecule has 1 aliphatic rings. The summed E-state index contributed by atoms with van der Waals surface area (Å²) in [5.41, 5.74) is 2.40. The standard InChI is InChI=1S/C31H38ClFN4O2/c1-3-23(2)36(31(39)34-26-13-9-12-25(33)19-26)22-30(38)37(27-14-5-4-6-15-27)21-28-16-10-18-35(28)20-24-11-7-8-17-29(24)32/h7-13,16-19,23,27H,3-6,14-15,20-22H2,1-2H3,(H,34,39)/t23-/m0/s1. The Bertz CT molecular complexity index is 1260. The maximum absolute atomic E-state index is 13.9. The molecule has 8 heteroatoms. The number of halogens is 2. The number of hydrogen-bond acceptors (Lipinski definition) is 2. The Hall–Kier alpha value is -3.32. The largest absolute Gasteiger partial charge is 0.345 e. The molecule has 1 heterocycles. The Kier molecular flexibility index (Phi) is 10.0. The van der Waals surface area contributed by atoms with E-state index in [9.17, 15) is 14.0 Å². The Balaban J connectivity index is 1.54. The van der Waals surface area contributed by atoms with Gasteiger partial charge >= 0.3 is 6.03 Å². The molecule has 0 saturated heterocycles. The lowest BCUT2D eigenvalue weighted by Crippen LogP contribution is -2.50. The first kappa shape index (κ1) is 28.7. The average molecular weight is 553 g/mol. The zero-order valence-corrected chi connectivity index (χ0v) is 23.5. The highest BCUT2D eigenvalue weighted by molar-refractivity contribution is 6.31. The summed E-state index contributed by atoms with van der Waals surface area (Å²) in [6.07, 6.45) is 7.96. The number of carbonyl (C=O) groups is 2. The van der Waals surface area contributed by atoms with Crippen LogP contribution in [-0.4, -0.2) is 44.9 Å². The fourth-order valence-corrected chi connectivity index (χ4v) is 5.39. The van der Waals surface area contributed by atoms with Crippen molar-refractivity contribution in [2.45, 2.75) is 77.5 Å². The highest BCUT2D eigenvalue weighted by atomic mass is 35.5. The zero-order valence-electron chi connectivity index (χ0n) is 22.8. The van der Waals surface area contributed by atoms with Crippen molar-refractivity contribution in [3.63, 3.8) is 0 Å². The summed E-state index contributed by atoms with van der Waals surface area (Å²) in [7, 11) is 0. The molecule has 0 aliphatic heterocycles. The van der Waals surface area contributed by atoms with E-state index < -0.39 is 11.8 Å². The minimum Gasteiger partial charge on any atom is -0.345 e. The number of carbonyl (C=O) groups excluding carboxylic acids is 2. The maximum Gasteiger partial charge on any atom is 0.322 e. The van der Waals surface area contributed by atoms with E-state index in [1.807, 2.05) is 61.3 Å². The molecule has 0 spiro atoms. The van der Waals surface area contributed by atoms with Crippen molar-refractivity contribution in [1.29, 1.82) is 0 Å². The molecule has 3 amide bonds. The number of nitrogens with one attached hydrogen (secondary N) is 1. The zero-order chi connectivity index (χ0) is 27.8. The Morgan fingerprint density at radius 3 is 2.56 bits per heavy atom. The monoisotopic (exact) mass is 552 g/mol. The first-order valence-corrected chi connectivity index (χ1v) is 14.2. The third-order valence-electron chi connectivity index (χ3n) is 7.66. The smallest absolute Gasteiger partial charge is 0.322 e. The predicted octanol–water partition coefficient (Wildman–Crippen LogP) is 7.32. The summed E-state index contributed by atoms with van der Waals surface area (Å²) in [5, 5.41) is 3.48. The van der Waals surface area contributed by atoms with Crippen LogP contribution < -0.4 is 5.32 Å². The summed E-state index contributed by atoms with van der Waals surface area (Å²) in [5.74, 6) is -0.510. The number of amides is 3. The lowest BCUT2D eigenvalue weighted by molar-refractivity contribution is -0.136. The van der Waals surface area contributed by atoms with Gasteiger partial charge in [0.1, 0.15) is 12.4 Å². The van der Waals surface area contributed by atoms with Gasteiger partial charge in [0.2, 0.25) is 5.91 Å². The number of hydrogen-bond donors (Lipinski definition) is 1. The Morgan fingerprint density at radius 1 is 1.08 bits per heavy atom. The van der Waals surface area contributed by atoms with Gasteiger partial charge in [-0.2, -0.15) is 0 Å². The van der Waals surface area contributed by atoms with Crippen molar-refractivity contribution >= 4 is 29.2 Å². The van der Waals surface area contributed by atoms with Crippen LogP contribution >= 0.6 is 11.6 Å². The average Bonchev–Trinajstić information content (AvgIpc) is 3.38. The van der Waals surface area contributed by atoms with E-state index in [2.05, 4.69) is 9.88 Å². The van der Waals surface area contributed by atoms with Crippen LogP contribution in [0.15, 0.2) is 66.9 Å². The van der Waals surface area contributed by atoms with Gasteiger partial charge in [-0.05, 0) is 68.1 Å². The number of aromatic nitrogens is 1. The van der Waals surface area contributed by atoms with Gasteiger partial charge < -0.3 is 19.7 Å². The molecular formula is C31H38ClFN4O2. The van der Waals surface area contributed by atoms with Gasteiger partial charge in [-0.1, -0.05) is 62.1 Å². The second kappa shape index (κ2) is 13.7. The lowest BCUT2D eigenvalue weighted by atomic mass is 9.94. The van der Waals surface area contributed by atoms with Gasteiger partial charge in [0.15, 0.2) is 0 Å². The molecule has 39 heavy (non-hydrogen) atoms. The van der Waals surface area contributed by atoms with Crippen molar-refractivity contribution in [2.75, 3.05) is 11.9 Å². The molecule has 1 aliphatic carbocycles. The van der Waals surface area contributed by atoms with Crippen molar-refractivity contribution in [2.24, 2.45) is 0 Å². The fraction of sp³-hybridized carbons (Fsp3) is 0.419. The third kappa shape index (κ3) is 7.63. The summed E-state index contributed by atoms with van der Waals surface area (Å²) in [6, 6.07) is 17.2. The number of nitrogens with zero attached hydrogens (tertiary/aromatic N) is 3. The molecule has 1 saturated carbocycles. The third-order valence-corrected chi connectivity index (χ3v) is 8.02. The van der Waals surface area contributed by atoms with Crippen LogP contribution in [0.4, 0.5) is 14.9 Å². The quantitative estimate of drug-likeness (QED) is 0.286. The highest BCUT2D eigenvalue weighted by Gasteiger charge is 2.30. The molecule has 1 N–H and O–H groups in total. The summed E-state index contributed by atoms with van der Waals surface area (Å²) < 4.78 is 15.8. The topological polar surface area (TPSA) is 57.6 Å². The second-order valence-electron chi connectivity index (χ2n) is 10.4. The molecule has 1 fully saturated rings. The van der Waals surface area contributed by atoms with Crippen LogP contribution in [-0.2, 0) is 17.9 Å². The molecule has 4 rings (SSSR count). The van der Waals surface area contributed by atoms with Gasteiger partial charge in [0.05, 0.1) is 6.54 Å². The van der Waals surface area contributed by atoms with E-state index in [0.717, 1.165) is 36.9 Å². The van der Waals surface area contributed by atoms with E-state index in [1.165, 1.54) is 18.6 Å². The number of urea groups is 1. The number of anilines is 1. The SMILES string of the molecule is CC[C@H](C)N(CC(=O)N(Cc1cccn1Cc1ccccc1Cl)C1CCCCC1)C(=O)Nc1cccc(F)c1. The number of benzene rings is 2. The molecule has 3 aromatic rings. The second-order valence-corrected chi connectivity index (χ2v) is 10.8. The molecule has 0 radical (unpaired) electrons. The molecule has 1 aromatic heterocycles. The van der Waals surface area contributed by atoms with Gasteiger partial charge in [0.25, 0.3) is 0 Å². The first-order chi connectivity index (χ1) is 18.9. The van der Waals surface area contributed by atoms with Crippen LogP contribution in [0.2, 0.25) is 5.02 Å². The molecular weight excluding hydrogens is 515 g/mol. The van der Waals surface area contributed by atoms with Gasteiger partial charge in [0, 0.05) is 41.2 Å². The maximum atomic E-state index is 13.9. The normalized spacial score (nSPS) is 14.6. The summed E-state index contributed by atoms with van der Waals surface area (Å²) >= 11 is 6.43. The van der Waals surface area contributed by atoms with Gasteiger partial charge in [-0.25, -0.2) is 9.18 Å². The van der Waals surface area contributed by atoms with Crippen LogP contribution in [0.25, 0.3) is 0 Å². The van der Waals surface area contributed by atoms with Crippen molar-refractivity contribution in [3.05, 3.63) is 89.0 Å². The van der Waals surface area contributed by atoms with Gasteiger partial charge in [-0.3, -0.25) is 4.79 Å². The van der Waals surface area contributed by atoms with E-state index in [1.54, 1.807) is 17.0 Å². The van der Waals surface area contributed by atoms with E-state index in [-0.39, 0.29) is 24.5 Å². The summed E-state index contributed by atoms with van der Waals surface area (Å²) in [6.45, 7) is 4.94. The Morgan fingerprint density at radius 2 is 1.85 bits per heavy atom. The van der Waals surface area contributed by atoms with Crippen molar-refractivity contribution in [1.82, 2.24) is 14.4 Å². The van der Waals surface area contributed by atoms with Crippen molar-refractivity contribution < 1.29 is 14.0 Å². The van der Waals surface area contributed by atoms with Crippen molar-refractivity contribution in [3.8, 4) is 0 Å². The first-order valence-electron chi connectivity index (χ1n) is 13.9. The molecule has 1 atom stereocenters. The van der Waals surface area contributed by atoms with Crippen LogP contribution in [0.5, 0.6) is 0 Å². The van der Waals surface area contributed by atoms with Crippen LogP contribution in [0.1, 0.15) is 63.6 Å². The minimum atomic E-state index is -0.428. The van der Waals surface area contributed by atoms with E-state index in [4.69, 9.17) is 11.6 Å². The predicted molar refractivity (Wildman–Crippen MR) is 154 cm³/mol. The Labute approximate surface area is 235 Å². The van der Waals surface area contributed by atoms with Crippen LogP contribution in [0, 0.1) is 5.82 Å². The number of rotatable bonds is 10. The lowest BCUT2D eigenvalue weighted by Gasteiger charge is -2.37.